The third kappa shape index (κ3) is 3.03. The maximum Gasteiger partial charge on any atom is 0.228 e. The van der Waals surface area contributed by atoms with Gasteiger partial charge in [0.15, 0.2) is 0 Å². The topological polar surface area (TPSA) is 55.6 Å². The Kier molecular flexibility index (Phi) is 4.50. The maximum absolute atomic E-state index is 12.9. The van der Waals surface area contributed by atoms with Gasteiger partial charge in [0.05, 0.1) is 12.0 Å². The summed E-state index contributed by atoms with van der Waals surface area (Å²) in [6, 6.07) is 10.1. The predicted octanol–water partition coefficient (Wildman–Crippen LogP) is 2.35. The summed E-state index contributed by atoms with van der Waals surface area (Å²) in [6.45, 7) is 5.24. The van der Waals surface area contributed by atoms with Crippen LogP contribution in [0.2, 0.25) is 0 Å². The van der Waals surface area contributed by atoms with Crippen molar-refractivity contribution in [3.05, 3.63) is 35.9 Å². The molecule has 2 atom stereocenters. The highest BCUT2D eigenvalue weighted by Crippen LogP contribution is 2.37. The summed E-state index contributed by atoms with van der Waals surface area (Å²) < 4.78 is 5.86. The van der Waals surface area contributed by atoms with Crippen molar-refractivity contribution in [3.63, 3.8) is 0 Å². The van der Waals surface area contributed by atoms with Crippen LogP contribution in [0.5, 0.6) is 0 Å². The van der Waals surface area contributed by atoms with Gasteiger partial charge in [0.2, 0.25) is 5.91 Å². The summed E-state index contributed by atoms with van der Waals surface area (Å²) >= 11 is 0. The number of benzene rings is 1. The molecule has 22 heavy (non-hydrogen) atoms. The van der Waals surface area contributed by atoms with Gasteiger partial charge in [-0.05, 0) is 36.8 Å². The fourth-order valence-electron chi connectivity index (χ4n) is 3.52. The third-order valence-electron chi connectivity index (χ3n) is 5.31. The van der Waals surface area contributed by atoms with Crippen LogP contribution in [-0.2, 0) is 9.53 Å². The Hall–Kier alpha value is -1.39. The van der Waals surface area contributed by atoms with Crippen molar-refractivity contribution in [3.8, 4) is 0 Å². The summed E-state index contributed by atoms with van der Waals surface area (Å²) in [5.41, 5.74) is 7.17. The number of nitrogens with zero attached hydrogens (tertiary/aromatic N) is 1. The van der Waals surface area contributed by atoms with Gasteiger partial charge < -0.3 is 15.4 Å². The quantitative estimate of drug-likeness (QED) is 0.932. The Morgan fingerprint density at radius 1 is 1.32 bits per heavy atom. The molecule has 2 aliphatic rings. The number of carbonyl (C=O) groups excluding carboxylic acids is 1. The number of piperidine rings is 1. The minimum atomic E-state index is -0.0866. The Bertz CT molecular complexity index is 509. The van der Waals surface area contributed by atoms with E-state index in [1.807, 2.05) is 23.1 Å². The van der Waals surface area contributed by atoms with Gasteiger partial charge in [-0.15, -0.1) is 0 Å². The van der Waals surface area contributed by atoms with Gasteiger partial charge in [-0.1, -0.05) is 37.3 Å². The van der Waals surface area contributed by atoms with E-state index in [0.29, 0.717) is 13.2 Å². The first-order valence-corrected chi connectivity index (χ1v) is 8.28. The van der Waals surface area contributed by atoms with Gasteiger partial charge in [0.1, 0.15) is 0 Å². The van der Waals surface area contributed by atoms with E-state index in [-0.39, 0.29) is 23.3 Å². The average Bonchev–Trinajstić information content (AvgIpc) is 3.05. The summed E-state index contributed by atoms with van der Waals surface area (Å²) in [7, 11) is 0. The number of nitrogens with two attached hydrogens (primary N) is 1. The first-order chi connectivity index (χ1) is 10.6. The summed E-state index contributed by atoms with van der Waals surface area (Å²) in [4.78, 5) is 14.9. The van der Waals surface area contributed by atoms with E-state index in [2.05, 4.69) is 19.1 Å². The first-order valence-electron chi connectivity index (χ1n) is 8.28. The van der Waals surface area contributed by atoms with Crippen molar-refractivity contribution >= 4 is 5.91 Å². The number of rotatable bonds is 3. The number of carbonyl (C=O) groups is 1. The molecule has 4 heteroatoms. The zero-order chi connectivity index (χ0) is 15.6. The molecule has 2 fully saturated rings. The van der Waals surface area contributed by atoms with Crippen molar-refractivity contribution in [1.82, 2.24) is 4.90 Å². The summed E-state index contributed by atoms with van der Waals surface area (Å²) in [6.07, 6.45) is 2.73. The third-order valence-corrected chi connectivity index (χ3v) is 5.31. The van der Waals surface area contributed by atoms with Crippen LogP contribution in [0.3, 0.4) is 0 Å². The maximum atomic E-state index is 12.9. The lowest BCUT2D eigenvalue weighted by molar-refractivity contribution is -0.139. The van der Waals surface area contributed by atoms with Crippen LogP contribution in [0.25, 0.3) is 0 Å². The summed E-state index contributed by atoms with van der Waals surface area (Å²) in [5.74, 6) is 0.218. The standard InChI is InChI=1S/C18H26N2O2/c1-18(13-19)8-10-20(11-9-18)17(21)15-7-12-22-16(15)14-5-3-2-4-6-14/h2-6,15-16H,7-13,19H2,1H3. The van der Waals surface area contributed by atoms with E-state index in [0.717, 1.165) is 37.9 Å². The molecule has 2 unspecified atom stereocenters. The molecular formula is C18H26N2O2. The lowest BCUT2D eigenvalue weighted by Crippen LogP contribution is -2.47. The molecule has 0 aromatic heterocycles. The van der Waals surface area contributed by atoms with Crippen LogP contribution in [0.15, 0.2) is 30.3 Å². The zero-order valence-electron chi connectivity index (χ0n) is 13.3. The summed E-state index contributed by atoms with van der Waals surface area (Å²) in [5, 5.41) is 0. The molecule has 0 bridgehead atoms. The van der Waals surface area contributed by atoms with Gasteiger partial charge in [0.25, 0.3) is 0 Å². The van der Waals surface area contributed by atoms with E-state index in [9.17, 15) is 4.79 Å². The molecule has 2 aliphatic heterocycles. The lowest BCUT2D eigenvalue weighted by atomic mass is 9.80. The van der Waals surface area contributed by atoms with Crippen LogP contribution >= 0.6 is 0 Å². The second kappa shape index (κ2) is 6.39. The SMILES string of the molecule is CC1(CN)CCN(C(=O)C2CCOC2c2ccccc2)CC1. The van der Waals surface area contributed by atoms with Crippen molar-refractivity contribution in [2.45, 2.75) is 32.3 Å². The number of hydrogen-bond acceptors (Lipinski definition) is 3. The van der Waals surface area contributed by atoms with E-state index in [1.54, 1.807) is 0 Å². The molecule has 1 amide bonds. The molecule has 2 saturated heterocycles. The highest BCUT2D eigenvalue weighted by Gasteiger charge is 2.39. The predicted molar refractivity (Wildman–Crippen MR) is 86.2 cm³/mol. The van der Waals surface area contributed by atoms with Gasteiger partial charge in [-0.25, -0.2) is 0 Å². The van der Waals surface area contributed by atoms with Crippen molar-refractivity contribution in [2.75, 3.05) is 26.2 Å². The van der Waals surface area contributed by atoms with Crippen LogP contribution in [-0.4, -0.2) is 37.0 Å². The van der Waals surface area contributed by atoms with Gasteiger partial charge >= 0.3 is 0 Å². The van der Waals surface area contributed by atoms with E-state index in [1.165, 1.54) is 0 Å². The average molecular weight is 302 g/mol. The molecule has 0 aliphatic carbocycles. The fraction of sp³-hybridized carbons (Fsp3) is 0.611. The molecule has 1 aromatic rings. The van der Waals surface area contributed by atoms with Crippen molar-refractivity contribution in [2.24, 2.45) is 17.1 Å². The zero-order valence-corrected chi connectivity index (χ0v) is 13.3. The van der Waals surface area contributed by atoms with Crippen LogP contribution in [0.1, 0.15) is 37.9 Å². The van der Waals surface area contributed by atoms with Gasteiger partial charge in [0, 0.05) is 19.7 Å². The molecule has 2 heterocycles. The molecular weight excluding hydrogens is 276 g/mol. The first kappa shape index (κ1) is 15.5. The normalized spacial score (nSPS) is 27.8. The molecule has 4 nitrogen and oxygen atoms in total. The van der Waals surface area contributed by atoms with Crippen molar-refractivity contribution < 1.29 is 9.53 Å². The highest BCUT2D eigenvalue weighted by molar-refractivity contribution is 5.80. The number of likely N-dealkylation sites (tertiary alicyclic amines) is 1. The Morgan fingerprint density at radius 3 is 2.64 bits per heavy atom. The van der Waals surface area contributed by atoms with Crippen LogP contribution in [0, 0.1) is 11.3 Å². The fourth-order valence-corrected chi connectivity index (χ4v) is 3.52. The molecule has 1 aromatic carbocycles. The lowest BCUT2D eigenvalue weighted by Gasteiger charge is -2.40. The van der Waals surface area contributed by atoms with Crippen molar-refractivity contribution in [1.29, 1.82) is 0 Å². The largest absolute Gasteiger partial charge is 0.373 e. The monoisotopic (exact) mass is 302 g/mol. The second-order valence-corrected chi connectivity index (χ2v) is 6.94. The highest BCUT2D eigenvalue weighted by atomic mass is 16.5. The van der Waals surface area contributed by atoms with Gasteiger partial charge in [-0.3, -0.25) is 4.79 Å². The van der Waals surface area contributed by atoms with E-state index >= 15 is 0 Å². The van der Waals surface area contributed by atoms with Crippen LogP contribution in [0.4, 0.5) is 0 Å². The van der Waals surface area contributed by atoms with Gasteiger partial charge in [-0.2, -0.15) is 0 Å². The molecule has 2 N–H and O–H groups in total. The molecule has 120 valence electrons. The molecule has 0 saturated carbocycles. The Labute approximate surface area is 132 Å². The number of ether oxygens (including phenoxy) is 1. The second-order valence-electron chi connectivity index (χ2n) is 6.94. The minimum Gasteiger partial charge on any atom is -0.373 e. The van der Waals surface area contributed by atoms with Crippen LogP contribution < -0.4 is 5.73 Å². The van der Waals surface area contributed by atoms with E-state index < -0.39 is 0 Å². The number of hydrogen-bond donors (Lipinski definition) is 1. The minimum absolute atomic E-state index is 0.0374. The van der Waals surface area contributed by atoms with E-state index in [4.69, 9.17) is 10.5 Å². The smallest absolute Gasteiger partial charge is 0.228 e. The molecule has 0 radical (unpaired) electrons. The molecule has 0 spiro atoms. The Morgan fingerprint density at radius 2 is 2.00 bits per heavy atom. The molecule has 3 rings (SSSR count). The Balaban J connectivity index is 1.67. The number of amides is 1.